The van der Waals surface area contributed by atoms with E-state index in [0.717, 1.165) is 16.9 Å². The second-order valence-electron chi connectivity index (χ2n) is 6.41. The van der Waals surface area contributed by atoms with Crippen molar-refractivity contribution in [3.8, 4) is 5.75 Å². The van der Waals surface area contributed by atoms with E-state index in [9.17, 15) is 4.79 Å². The van der Waals surface area contributed by atoms with E-state index >= 15 is 0 Å². The second kappa shape index (κ2) is 9.36. The Hall–Kier alpha value is -2.37. The molecule has 1 fully saturated rings. The molecule has 1 aliphatic rings. The maximum absolute atomic E-state index is 13.0. The lowest BCUT2D eigenvalue weighted by Gasteiger charge is -2.31. The number of nitrogens with one attached hydrogen (secondary N) is 1. The molecular formula is C21H26N2O3. The zero-order valence-electron chi connectivity index (χ0n) is 15.2. The molecule has 1 heterocycles. The summed E-state index contributed by atoms with van der Waals surface area (Å²) in [5.41, 5.74) is 2.28. The minimum atomic E-state index is -0.252. The molecule has 0 unspecified atom stereocenters. The number of nitrogens with zero attached hydrogens (tertiary/aromatic N) is 1. The molecule has 2 aromatic carbocycles. The average Bonchev–Trinajstić information content (AvgIpc) is 2.72. The first kappa shape index (κ1) is 18.4. The predicted octanol–water partition coefficient (Wildman–Crippen LogP) is 2.25. The third-order valence-corrected chi connectivity index (χ3v) is 4.62. The second-order valence-corrected chi connectivity index (χ2v) is 6.41. The summed E-state index contributed by atoms with van der Waals surface area (Å²) in [4.78, 5) is 14.9. The normalized spacial score (nSPS) is 15.5. The van der Waals surface area contributed by atoms with Gasteiger partial charge in [0.1, 0.15) is 5.75 Å². The van der Waals surface area contributed by atoms with E-state index in [0.29, 0.717) is 39.3 Å². The molecule has 0 spiro atoms. The van der Waals surface area contributed by atoms with Crippen molar-refractivity contribution < 1.29 is 14.3 Å². The fourth-order valence-corrected chi connectivity index (χ4v) is 3.09. The van der Waals surface area contributed by atoms with Crippen LogP contribution in [-0.4, -0.2) is 50.3 Å². The van der Waals surface area contributed by atoms with Crippen LogP contribution in [0.3, 0.4) is 0 Å². The summed E-state index contributed by atoms with van der Waals surface area (Å²) in [5.74, 6) is 0.977. The highest BCUT2D eigenvalue weighted by Gasteiger charge is 2.25. The van der Waals surface area contributed by atoms with Crippen molar-refractivity contribution in [1.82, 2.24) is 10.2 Å². The minimum absolute atomic E-state index is 0.144. The molecule has 1 atom stereocenters. The molecule has 1 aliphatic heterocycles. The topological polar surface area (TPSA) is 50.8 Å². The SMILES string of the molecule is COc1ccc(CN[C@@H](Cc2ccccc2)C(=O)N2CCOCC2)cc1. The van der Waals surface area contributed by atoms with Gasteiger partial charge in [0.05, 0.1) is 26.4 Å². The fraction of sp³-hybridized carbons (Fsp3) is 0.381. The number of hydrogen-bond donors (Lipinski definition) is 1. The maximum atomic E-state index is 13.0. The van der Waals surface area contributed by atoms with Crippen LogP contribution in [0.5, 0.6) is 5.75 Å². The van der Waals surface area contributed by atoms with Crippen molar-refractivity contribution in [2.24, 2.45) is 0 Å². The van der Waals surface area contributed by atoms with Crippen LogP contribution in [0.25, 0.3) is 0 Å². The molecule has 3 rings (SSSR count). The molecule has 0 bridgehead atoms. The largest absolute Gasteiger partial charge is 0.497 e. The van der Waals surface area contributed by atoms with Gasteiger partial charge in [-0.25, -0.2) is 0 Å². The summed E-state index contributed by atoms with van der Waals surface area (Å²) in [6, 6.07) is 17.8. The first-order valence-corrected chi connectivity index (χ1v) is 9.03. The van der Waals surface area contributed by atoms with Crippen LogP contribution >= 0.6 is 0 Å². The van der Waals surface area contributed by atoms with Gasteiger partial charge in [-0.3, -0.25) is 4.79 Å². The first-order chi connectivity index (χ1) is 12.8. The summed E-state index contributed by atoms with van der Waals surface area (Å²) in [5, 5.41) is 3.45. The monoisotopic (exact) mass is 354 g/mol. The lowest BCUT2D eigenvalue weighted by atomic mass is 10.0. The molecule has 0 radical (unpaired) electrons. The molecule has 1 saturated heterocycles. The lowest BCUT2D eigenvalue weighted by molar-refractivity contribution is -0.137. The maximum Gasteiger partial charge on any atom is 0.240 e. The van der Waals surface area contributed by atoms with Crippen LogP contribution in [0.4, 0.5) is 0 Å². The third-order valence-electron chi connectivity index (χ3n) is 4.62. The molecule has 0 aliphatic carbocycles. The smallest absolute Gasteiger partial charge is 0.240 e. The van der Waals surface area contributed by atoms with Crippen molar-refractivity contribution in [1.29, 1.82) is 0 Å². The van der Waals surface area contributed by atoms with Gasteiger partial charge in [-0.15, -0.1) is 0 Å². The minimum Gasteiger partial charge on any atom is -0.497 e. The van der Waals surface area contributed by atoms with E-state index in [1.165, 1.54) is 0 Å². The number of amides is 1. The average molecular weight is 354 g/mol. The summed E-state index contributed by atoms with van der Waals surface area (Å²) in [7, 11) is 1.66. The van der Waals surface area contributed by atoms with Crippen molar-refractivity contribution in [2.45, 2.75) is 19.0 Å². The third kappa shape index (κ3) is 5.07. The molecular weight excluding hydrogens is 328 g/mol. The van der Waals surface area contributed by atoms with E-state index in [4.69, 9.17) is 9.47 Å². The van der Waals surface area contributed by atoms with E-state index < -0.39 is 0 Å². The highest BCUT2D eigenvalue weighted by atomic mass is 16.5. The Labute approximate surface area is 154 Å². The van der Waals surface area contributed by atoms with E-state index in [-0.39, 0.29) is 11.9 Å². The van der Waals surface area contributed by atoms with Crippen molar-refractivity contribution in [3.05, 3.63) is 65.7 Å². The molecule has 1 amide bonds. The van der Waals surface area contributed by atoms with E-state index in [1.807, 2.05) is 47.4 Å². The number of hydrogen-bond acceptors (Lipinski definition) is 4. The number of ether oxygens (including phenoxy) is 2. The van der Waals surface area contributed by atoms with Gasteiger partial charge in [-0.1, -0.05) is 42.5 Å². The predicted molar refractivity (Wildman–Crippen MR) is 101 cm³/mol. The fourth-order valence-electron chi connectivity index (χ4n) is 3.09. The molecule has 0 saturated carbocycles. The number of carbonyl (C=O) groups excluding carboxylic acids is 1. The zero-order chi connectivity index (χ0) is 18.2. The van der Waals surface area contributed by atoms with Crippen molar-refractivity contribution >= 4 is 5.91 Å². The van der Waals surface area contributed by atoms with Crippen LogP contribution in [-0.2, 0) is 22.5 Å². The number of methoxy groups -OCH3 is 1. The van der Waals surface area contributed by atoms with Crippen LogP contribution < -0.4 is 10.1 Å². The molecule has 1 N–H and O–H groups in total. The molecule has 138 valence electrons. The van der Waals surface area contributed by atoms with Crippen molar-refractivity contribution in [3.63, 3.8) is 0 Å². The van der Waals surface area contributed by atoms with Crippen LogP contribution in [0.2, 0.25) is 0 Å². The highest BCUT2D eigenvalue weighted by molar-refractivity contribution is 5.82. The zero-order valence-corrected chi connectivity index (χ0v) is 15.2. The standard InChI is InChI=1S/C21H26N2O3/c1-25-19-9-7-18(8-10-19)16-22-20(15-17-5-3-2-4-6-17)21(24)23-11-13-26-14-12-23/h2-10,20,22H,11-16H2,1H3/t20-/m0/s1. The Morgan fingerprint density at radius 3 is 2.42 bits per heavy atom. The van der Waals surface area contributed by atoms with Crippen LogP contribution in [0, 0.1) is 0 Å². The lowest BCUT2D eigenvalue weighted by Crippen LogP contribution is -2.51. The van der Waals surface area contributed by atoms with Gasteiger partial charge >= 0.3 is 0 Å². The van der Waals surface area contributed by atoms with Crippen LogP contribution in [0.15, 0.2) is 54.6 Å². The molecule has 2 aromatic rings. The van der Waals surface area contributed by atoms with Gasteiger partial charge < -0.3 is 19.7 Å². The van der Waals surface area contributed by atoms with Crippen molar-refractivity contribution in [2.75, 3.05) is 33.4 Å². The molecule has 26 heavy (non-hydrogen) atoms. The molecule has 5 nitrogen and oxygen atoms in total. The Morgan fingerprint density at radius 1 is 1.08 bits per heavy atom. The van der Waals surface area contributed by atoms with Crippen LogP contribution in [0.1, 0.15) is 11.1 Å². The summed E-state index contributed by atoms with van der Waals surface area (Å²) >= 11 is 0. The van der Waals surface area contributed by atoms with Gasteiger partial charge in [-0.2, -0.15) is 0 Å². The number of carbonyl (C=O) groups is 1. The Morgan fingerprint density at radius 2 is 1.77 bits per heavy atom. The quantitative estimate of drug-likeness (QED) is 0.829. The number of rotatable bonds is 7. The van der Waals surface area contributed by atoms with E-state index in [2.05, 4.69) is 17.4 Å². The Kier molecular flexibility index (Phi) is 6.63. The van der Waals surface area contributed by atoms with Gasteiger partial charge in [0.2, 0.25) is 5.91 Å². The van der Waals surface area contributed by atoms with Gasteiger partial charge in [0, 0.05) is 19.6 Å². The van der Waals surface area contributed by atoms with Gasteiger partial charge in [0.15, 0.2) is 0 Å². The Bertz CT molecular complexity index is 682. The van der Waals surface area contributed by atoms with Gasteiger partial charge in [-0.05, 0) is 29.7 Å². The summed E-state index contributed by atoms with van der Waals surface area (Å²) < 4.78 is 10.6. The Balaban J connectivity index is 1.67. The van der Waals surface area contributed by atoms with E-state index in [1.54, 1.807) is 7.11 Å². The summed E-state index contributed by atoms with van der Waals surface area (Å²) in [6.45, 7) is 3.19. The summed E-state index contributed by atoms with van der Waals surface area (Å²) in [6.07, 6.45) is 0.674. The first-order valence-electron chi connectivity index (χ1n) is 9.03. The highest BCUT2D eigenvalue weighted by Crippen LogP contribution is 2.13. The van der Waals surface area contributed by atoms with Gasteiger partial charge in [0.25, 0.3) is 0 Å². The molecule has 0 aromatic heterocycles. The molecule has 5 heteroatoms. The number of morpholine rings is 1. The number of benzene rings is 2.